The van der Waals surface area contributed by atoms with Gasteiger partial charge in [0.25, 0.3) is 0 Å². The van der Waals surface area contributed by atoms with Crippen LogP contribution in [0.25, 0.3) is 0 Å². The van der Waals surface area contributed by atoms with Gasteiger partial charge in [-0.05, 0) is 0 Å². The number of nitrogens with one attached hydrogen (secondary N) is 1. The Balaban J connectivity index is 2.42. The van der Waals surface area contributed by atoms with Crippen LogP contribution in [0.5, 0.6) is 0 Å². The smallest absolute Gasteiger partial charge is 0.226 e. The molecule has 0 aliphatic heterocycles. The van der Waals surface area contributed by atoms with E-state index in [1.807, 2.05) is 0 Å². The molecule has 13 heavy (non-hydrogen) atoms. The van der Waals surface area contributed by atoms with Gasteiger partial charge in [0.05, 0.1) is 18.7 Å². The van der Waals surface area contributed by atoms with Crippen LogP contribution in [0, 0.1) is 12.3 Å². The lowest BCUT2D eigenvalue weighted by molar-refractivity contribution is -0.120. The average Bonchev–Trinajstić information content (AvgIpc) is 2.16. The van der Waals surface area contributed by atoms with Gasteiger partial charge in [0.15, 0.2) is 0 Å². The second-order valence-corrected chi connectivity index (χ2v) is 2.35. The van der Waals surface area contributed by atoms with E-state index in [-0.39, 0.29) is 18.9 Å². The molecule has 0 unspecified atom stereocenters. The summed E-state index contributed by atoms with van der Waals surface area (Å²) in [7, 11) is 0. The largest absolute Gasteiger partial charge is 0.345 e. The van der Waals surface area contributed by atoms with Crippen LogP contribution in [0.1, 0.15) is 5.69 Å². The average molecular weight is 175 g/mol. The number of rotatable bonds is 3. The van der Waals surface area contributed by atoms with Gasteiger partial charge < -0.3 is 5.32 Å². The number of hydrogen-bond acceptors (Lipinski definition) is 3. The van der Waals surface area contributed by atoms with Crippen molar-refractivity contribution in [2.24, 2.45) is 0 Å². The summed E-state index contributed by atoms with van der Waals surface area (Å²) < 4.78 is 0. The zero-order chi connectivity index (χ0) is 9.52. The number of carbonyl (C=O) groups excluding carboxylic acids is 1. The van der Waals surface area contributed by atoms with E-state index in [4.69, 9.17) is 6.42 Å². The van der Waals surface area contributed by atoms with E-state index in [1.165, 1.54) is 0 Å². The van der Waals surface area contributed by atoms with Crippen molar-refractivity contribution in [3.05, 3.63) is 24.3 Å². The number of terminal acetylenes is 1. The molecule has 4 nitrogen and oxygen atoms in total. The van der Waals surface area contributed by atoms with Crippen molar-refractivity contribution >= 4 is 5.91 Å². The molecular formula is C9H9N3O. The van der Waals surface area contributed by atoms with Crippen LogP contribution < -0.4 is 5.32 Å². The minimum absolute atomic E-state index is 0.140. The van der Waals surface area contributed by atoms with Crippen LogP contribution in [-0.2, 0) is 11.2 Å². The van der Waals surface area contributed by atoms with E-state index in [2.05, 4.69) is 21.2 Å². The van der Waals surface area contributed by atoms with Crippen LogP contribution in [0.3, 0.4) is 0 Å². The van der Waals surface area contributed by atoms with Gasteiger partial charge in [0.1, 0.15) is 0 Å². The first-order valence-corrected chi connectivity index (χ1v) is 3.78. The molecule has 0 aliphatic carbocycles. The van der Waals surface area contributed by atoms with Crippen LogP contribution in [0.4, 0.5) is 0 Å². The summed E-state index contributed by atoms with van der Waals surface area (Å²) in [5, 5.41) is 2.54. The van der Waals surface area contributed by atoms with Crippen LogP contribution >= 0.6 is 0 Å². The highest BCUT2D eigenvalue weighted by atomic mass is 16.1. The third kappa shape index (κ3) is 3.34. The lowest BCUT2D eigenvalue weighted by atomic mass is 10.3. The predicted molar refractivity (Wildman–Crippen MR) is 47.6 cm³/mol. The Kier molecular flexibility index (Phi) is 3.45. The fourth-order valence-electron chi connectivity index (χ4n) is 0.798. The molecule has 0 saturated heterocycles. The topological polar surface area (TPSA) is 54.9 Å². The summed E-state index contributed by atoms with van der Waals surface area (Å²) in [5.74, 6) is 2.18. The van der Waals surface area contributed by atoms with Crippen LogP contribution in [-0.4, -0.2) is 22.4 Å². The van der Waals surface area contributed by atoms with E-state index in [9.17, 15) is 4.79 Å². The second kappa shape index (κ2) is 4.88. The number of hydrogen-bond donors (Lipinski definition) is 1. The fourth-order valence-corrected chi connectivity index (χ4v) is 0.798. The maximum atomic E-state index is 11.1. The van der Waals surface area contributed by atoms with Gasteiger partial charge in [0, 0.05) is 18.6 Å². The first-order chi connectivity index (χ1) is 6.33. The molecule has 1 aromatic rings. The standard InChI is InChI=1S/C9H9N3O/c1-2-3-12-9(13)6-8-7-10-4-5-11-8/h1,4-5,7H,3,6H2,(H,12,13). The Morgan fingerprint density at radius 3 is 3.08 bits per heavy atom. The normalized spacial score (nSPS) is 8.85. The zero-order valence-electron chi connectivity index (χ0n) is 7.03. The summed E-state index contributed by atoms with van der Waals surface area (Å²) in [5.41, 5.74) is 0.636. The quantitative estimate of drug-likeness (QED) is 0.645. The van der Waals surface area contributed by atoms with Crippen LogP contribution in [0.2, 0.25) is 0 Å². The van der Waals surface area contributed by atoms with Gasteiger partial charge in [-0.2, -0.15) is 0 Å². The molecule has 0 aromatic carbocycles. The molecule has 1 rings (SSSR count). The Morgan fingerprint density at radius 1 is 1.62 bits per heavy atom. The zero-order valence-corrected chi connectivity index (χ0v) is 7.03. The fraction of sp³-hybridized carbons (Fsp3) is 0.222. The van der Waals surface area contributed by atoms with E-state index >= 15 is 0 Å². The van der Waals surface area contributed by atoms with Crippen molar-refractivity contribution in [2.45, 2.75) is 6.42 Å². The SMILES string of the molecule is C#CCNC(=O)Cc1cnccn1. The molecule has 66 valence electrons. The lowest BCUT2D eigenvalue weighted by Crippen LogP contribution is -2.25. The van der Waals surface area contributed by atoms with Crippen molar-refractivity contribution in [3.63, 3.8) is 0 Å². The molecule has 1 heterocycles. The van der Waals surface area contributed by atoms with Gasteiger partial charge in [0.2, 0.25) is 5.91 Å². The Morgan fingerprint density at radius 2 is 2.46 bits per heavy atom. The van der Waals surface area contributed by atoms with Gasteiger partial charge >= 0.3 is 0 Å². The van der Waals surface area contributed by atoms with Gasteiger partial charge in [-0.25, -0.2) is 0 Å². The number of carbonyl (C=O) groups is 1. The number of aromatic nitrogens is 2. The molecule has 0 saturated carbocycles. The van der Waals surface area contributed by atoms with E-state index < -0.39 is 0 Å². The highest BCUT2D eigenvalue weighted by Gasteiger charge is 2.01. The maximum Gasteiger partial charge on any atom is 0.226 e. The Bertz CT molecular complexity index is 315. The maximum absolute atomic E-state index is 11.1. The van der Waals surface area contributed by atoms with E-state index in [0.29, 0.717) is 5.69 Å². The first-order valence-electron chi connectivity index (χ1n) is 3.78. The van der Waals surface area contributed by atoms with Crippen molar-refractivity contribution in [3.8, 4) is 12.3 Å². The third-order valence-corrected chi connectivity index (χ3v) is 1.35. The summed E-state index contributed by atoms with van der Waals surface area (Å²) >= 11 is 0. The third-order valence-electron chi connectivity index (χ3n) is 1.35. The minimum Gasteiger partial charge on any atom is -0.345 e. The summed E-state index contributed by atoms with van der Waals surface area (Å²) in [6.45, 7) is 0.249. The number of amides is 1. The molecule has 0 atom stereocenters. The highest BCUT2D eigenvalue weighted by molar-refractivity contribution is 5.78. The summed E-state index contributed by atoms with van der Waals surface area (Å²) in [4.78, 5) is 18.9. The molecule has 4 heteroatoms. The molecule has 1 aromatic heterocycles. The van der Waals surface area contributed by atoms with Crippen molar-refractivity contribution < 1.29 is 4.79 Å². The molecular weight excluding hydrogens is 166 g/mol. The molecule has 1 N–H and O–H groups in total. The molecule has 0 fully saturated rings. The van der Waals surface area contributed by atoms with Crippen LogP contribution in [0.15, 0.2) is 18.6 Å². The Labute approximate surface area is 76.4 Å². The lowest BCUT2D eigenvalue weighted by Gasteiger charge is -1.99. The van der Waals surface area contributed by atoms with Crippen molar-refractivity contribution in [2.75, 3.05) is 6.54 Å². The van der Waals surface area contributed by atoms with Gasteiger partial charge in [-0.15, -0.1) is 6.42 Å². The molecule has 0 aliphatic rings. The molecule has 0 spiro atoms. The van der Waals surface area contributed by atoms with E-state index in [1.54, 1.807) is 18.6 Å². The molecule has 1 amide bonds. The molecule has 0 bridgehead atoms. The minimum atomic E-state index is -0.140. The van der Waals surface area contributed by atoms with Crippen molar-refractivity contribution in [1.29, 1.82) is 0 Å². The van der Waals surface area contributed by atoms with Crippen molar-refractivity contribution in [1.82, 2.24) is 15.3 Å². The first kappa shape index (κ1) is 9.20. The van der Waals surface area contributed by atoms with Gasteiger partial charge in [-0.1, -0.05) is 5.92 Å². The highest BCUT2D eigenvalue weighted by Crippen LogP contribution is 1.90. The van der Waals surface area contributed by atoms with Gasteiger partial charge in [-0.3, -0.25) is 14.8 Å². The monoisotopic (exact) mass is 175 g/mol. The molecule has 0 radical (unpaired) electrons. The second-order valence-electron chi connectivity index (χ2n) is 2.35. The number of nitrogens with zero attached hydrogens (tertiary/aromatic N) is 2. The summed E-state index contributed by atoms with van der Waals surface area (Å²) in [6, 6.07) is 0. The predicted octanol–water partition coefficient (Wildman–Crippen LogP) is -0.232. The summed E-state index contributed by atoms with van der Waals surface area (Å²) in [6.07, 6.45) is 9.85. The van der Waals surface area contributed by atoms with E-state index in [0.717, 1.165) is 0 Å². The Hall–Kier alpha value is -1.89.